The Labute approximate surface area is 115 Å². The van der Waals surface area contributed by atoms with Crippen LogP contribution in [0.2, 0.25) is 0 Å². The second-order valence-electron chi connectivity index (χ2n) is 5.13. The lowest BCUT2D eigenvalue weighted by molar-refractivity contribution is -0.134. The Morgan fingerprint density at radius 1 is 1.37 bits per heavy atom. The number of hydrogen-bond acceptors (Lipinski definition) is 2. The first-order valence-electron chi connectivity index (χ1n) is 7.17. The van der Waals surface area contributed by atoms with E-state index < -0.39 is 0 Å². The molecule has 1 amide bonds. The van der Waals surface area contributed by atoms with Gasteiger partial charge in [-0.05, 0) is 31.7 Å². The molecule has 1 saturated heterocycles. The van der Waals surface area contributed by atoms with E-state index in [1.54, 1.807) is 7.11 Å². The van der Waals surface area contributed by atoms with Crippen LogP contribution in [0.4, 0.5) is 0 Å². The summed E-state index contributed by atoms with van der Waals surface area (Å²) in [4.78, 5) is 14.5. The fraction of sp³-hybridized carbons (Fsp3) is 0.562. The minimum atomic E-state index is 0.232. The van der Waals surface area contributed by atoms with Gasteiger partial charge in [-0.2, -0.15) is 0 Å². The molecule has 3 heteroatoms. The van der Waals surface area contributed by atoms with Gasteiger partial charge >= 0.3 is 0 Å². The van der Waals surface area contributed by atoms with Gasteiger partial charge in [-0.3, -0.25) is 4.79 Å². The third kappa shape index (κ3) is 3.28. The number of likely N-dealkylation sites (tertiary alicyclic amines) is 1. The molecule has 1 aliphatic rings. The molecular formula is C16H23NO2. The summed E-state index contributed by atoms with van der Waals surface area (Å²) < 4.78 is 5.32. The number of piperidine rings is 1. The molecule has 0 unspecified atom stereocenters. The Morgan fingerprint density at radius 3 is 2.89 bits per heavy atom. The van der Waals surface area contributed by atoms with E-state index in [9.17, 15) is 4.79 Å². The summed E-state index contributed by atoms with van der Waals surface area (Å²) in [6.45, 7) is 3.08. The number of ether oxygens (including phenoxy) is 1. The average molecular weight is 261 g/mol. The molecule has 1 fully saturated rings. The number of para-hydroxylation sites is 1. The zero-order valence-corrected chi connectivity index (χ0v) is 11.9. The number of carbonyl (C=O) groups excluding carboxylic acids is 1. The maximum atomic E-state index is 12.5. The lowest BCUT2D eigenvalue weighted by Crippen LogP contribution is -2.44. The lowest BCUT2D eigenvalue weighted by atomic mass is 9.99. The minimum Gasteiger partial charge on any atom is -0.496 e. The maximum Gasteiger partial charge on any atom is 0.227 e. The molecule has 1 aliphatic heterocycles. The fourth-order valence-corrected chi connectivity index (χ4v) is 2.87. The van der Waals surface area contributed by atoms with E-state index in [4.69, 9.17) is 4.74 Å². The van der Waals surface area contributed by atoms with Gasteiger partial charge in [0.05, 0.1) is 13.5 Å². The molecule has 1 atom stereocenters. The van der Waals surface area contributed by atoms with Gasteiger partial charge < -0.3 is 9.64 Å². The molecule has 1 heterocycles. The first-order valence-corrected chi connectivity index (χ1v) is 7.17. The standard InChI is InChI=1S/C16H23NO2/c1-3-14-9-6-7-11-17(14)16(18)12-13-8-4-5-10-15(13)19-2/h4-5,8,10,14H,3,6-7,9,11-12H2,1-2H3/t14-/m1/s1. The van der Waals surface area contributed by atoms with E-state index in [0.29, 0.717) is 12.5 Å². The van der Waals surface area contributed by atoms with Crippen LogP contribution in [0.25, 0.3) is 0 Å². The molecule has 104 valence electrons. The Balaban J connectivity index is 2.07. The predicted molar refractivity (Wildman–Crippen MR) is 76.3 cm³/mol. The zero-order valence-electron chi connectivity index (χ0n) is 11.9. The van der Waals surface area contributed by atoms with Gasteiger partial charge in [-0.1, -0.05) is 25.1 Å². The van der Waals surface area contributed by atoms with E-state index >= 15 is 0 Å². The van der Waals surface area contributed by atoms with Crippen molar-refractivity contribution in [2.45, 2.75) is 45.1 Å². The number of carbonyl (C=O) groups is 1. The maximum absolute atomic E-state index is 12.5. The molecule has 0 aliphatic carbocycles. The zero-order chi connectivity index (χ0) is 13.7. The van der Waals surface area contributed by atoms with Crippen LogP contribution in [0, 0.1) is 0 Å². The third-order valence-electron chi connectivity index (χ3n) is 3.95. The van der Waals surface area contributed by atoms with Gasteiger partial charge in [0, 0.05) is 18.2 Å². The van der Waals surface area contributed by atoms with Crippen LogP contribution in [0.5, 0.6) is 5.75 Å². The van der Waals surface area contributed by atoms with Crippen molar-refractivity contribution in [1.82, 2.24) is 4.90 Å². The van der Waals surface area contributed by atoms with Crippen molar-refractivity contribution in [3.05, 3.63) is 29.8 Å². The molecule has 0 N–H and O–H groups in total. The Bertz CT molecular complexity index is 431. The smallest absolute Gasteiger partial charge is 0.227 e. The number of hydrogen-bond donors (Lipinski definition) is 0. The number of benzene rings is 1. The molecule has 1 aromatic rings. The second-order valence-corrected chi connectivity index (χ2v) is 5.13. The highest BCUT2D eigenvalue weighted by Gasteiger charge is 2.25. The number of methoxy groups -OCH3 is 1. The molecule has 19 heavy (non-hydrogen) atoms. The topological polar surface area (TPSA) is 29.5 Å². The quantitative estimate of drug-likeness (QED) is 0.833. The third-order valence-corrected chi connectivity index (χ3v) is 3.95. The van der Waals surface area contributed by atoms with Crippen LogP contribution < -0.4 is 4.74 Å². The number of rotatable bonds is 4. The molecule has 0 aromatic heterocycles. The molecule has 2 rings (SSSR count). The van der Waals surface area contributed by atoms with E-state index in [2.05, 4.69) is 11.8 Å². The summed E-state index contributed by atoms with van der Waals surface area (Å²) in [6, 6.07) is 8.20. The van der Waals surface area contributed by atoms with E-state index in [-0.39, 0.29) is 5.91 Å². The van der Waals surface area contributed by atoms with Crippen LogP contribution in [-0.2, 0) is 11.2 Å². The molecule has 1 aromatic carbocycles. The lowest BCUT2D eigenvalue weighted by Gasteiger charge is -2.35. The summed E-state index contributed by atoms with van der Waals surface area (Å²) in [5.74, 6) is 1.04. The Morgan fingerprint density at radius 2 is 2.16 bits per heavy atom. The average Bonchev–Trinajstić information content (AvgIpc) is 2.47. The molecule has 0 spiro atoms. The summed E-state index contributed by atoms with van der Waals surface area (Å²) in [6.07, 6.45) is 5.03. The molecule has 3 nitrogen and oxygen atoms in total. The van der Waals surface area contributed by atoms with Crippen LogP contribution >= 0.6 is 0 Å². The predicted octanol–water partition coefficient (Wildman–Crippen LogP) is 3.03. The molecule has 0 radical (unpaired) electrons. The Hall–Kier alpha value is -1.51. The van der Waals surface area contributed by atoms with Gasteiger partial charge in [-0.25, -0.2) is 0 Å². The van der Waals surface area contributed by atoms with Crippen molar-refractivity contribution in [1.29, 1.82) is 0 Å². The van der Waals surface area contributed by atoms with Crippen LogP contribution in [0.1, 0.15) is 38.2 Å². The summed E-state index contributed by atoms with van der Waals surface area (Å²) in [5, 5.41) is 0. The molecule has 0 saturated carbocycles. The van der Waals surface area contributed by atoms with Crippen molar-refractivity contribution < 1.29 is 9.53 Å². The number of nitrogens with zero attached hydrogens (tertiary/aromatic N) is 1. The first kappa shape index (κ1) is 13.9. The van der Waals surface area contributed by atoms with E-state index in [0.717, 1.165) is 37.1 Å². The van der Waals surface area contributed by atoms with Gasteiger partial charge in [0.15, 0.2) is 0 Å². The van der Waals surface area contributed by atoms with Gasteiger partial charge in [-0.15, -0.1) is 0 Å². The normalized spacial score (nSPS) is 19.3. The SMILES string of the molecule is CC[C@@H]1CCCCN1C(=O)Cc1ccccc1OC. The van der Waals surface area contributed by atoms with E-state index in [1.807, 2.05) is 24.3 Å². The van der Waals surface area contributed by atoms with Crippen molar-refractivity contribution >= 4 is 5.91 Å². The monoisotopic (exact) mass is 261 g/mol. The van der Waals surface area contributed by atoms with Gasteiger partial charge in [0.25, 0.3) is 0 Å². The summed E-state index contributed by atoms with van der Waals surface area (Å²) in [5.41, 5.74) is 0.982. The Kier molecular flexibility index (Phi) is 4.83. The second kappa shape index (κ2) is 6.60. The highest BCUT2D eigenvalue weighted by Crippen LogP contribution is 2.23. The fourth-order valence-electron chi connectivity index (χ4n) is 2.87. The van der Waals surface area contributed by atoms with Crippen molar-refractivity contribution in [3.8, 4) is 5.75 Å². The minimum absolute atomic E-state index is 0.232. The first-order chi connectivity index (χ1) is 9.26. The van der Waals surface area contributed by atoms with Crippen LogP contribution in [-0.4, -0.2) is 30.5 Å². The van der Waals surface area contributed by atoms with Crippen molar-refractivity contribution in [2.75, 3.05) is 13.7 Å². The largest absolute Gasteiger partial charge is 0.496 e. The van der Waals surface area contributed by atoms with Gasteiger partial charge in [0.1, 0.15) is 5.75 Å². The number of amides is 1. The van der Waals surface area contributed by atoms with Crippen molar-refractivity contribution in [3.63, 3.8) is 0 Å². The van der Waals surface area contributed by atoms with Crippen LogP contribution in [0.3, 0.4) is 0 Å². The van der Waals surface area contributed by atoms with Crippen molar-refractivity contribution in [2.24, 2.45) is 0 Å². The van der Waals surface area contributed by atoms with Crippen LogP contribution in [0.15, 0.2) is 24.3 Å². The molecule has 0 bridgehead atoms. The molecular weight excluding hydrogens is 238 g/mol. The highest BCUT2D eigenvalue weighted by atomic mass is 16.5. The highest BCUT2D eigenvalue weighted by molar-refractivity contribution is 5.80. The van der Waals surface area contributed by atoms with Gasteiger partial charge in [0.2, 0.25) is 5.91 Å². The van der Waals surface area contributed by atoms with E-state index in [1.165, 1.54) is 6.42 Å². The summed E-state index contributed by atoms with van der Waals surface area (Å²) >= 11 is 0. The summed E-state index contributed by atoms with van der Waals surface area (Å²) in [7, 11) is 1.65.